The smallest absolute Gasteiger partial charge is 0.369 e. The van der Waals surface area contributed by atoms with Crippen LogP contribution in [-0.2, 0) is 13.2 Å². The van der Waals surface area contributed by atoms with Gasteiger partial charge in [0, 0.05) is 42.6 Å². The molecule has 12 heteroatoms. The topological polar surface area (TPSA) is 80.9 Å². The van der Waals surface area contributed by atoms with Crippen LogP contribution in [0.3, 0.4) is 0 Å². The Balaban J connectivity index is 1.45. The van der Waals surface area contributed by atoms with Crippen molar-refractivity contribution in [2.24, 2.45) is 7.05 Å². The predicted octanol–water partition coefficient (Wildman–Crippen LogP) is 5.30. The Morgan fingerprint density at radius 3 is 2.45 bits per heavy atom. The van der Waals surface area contributed by atoms with Gasteiger partial charge in [-0.05, 0) is 56.5 Å². The molecule has 1 amide bonds. The standard InChI is InChI=1S/C26H25F4N7O/c1-15-6-7-17(10-22(15)37-14-21(33-34-37)19-13-31-35(3)16(19)2)25(38)32-18-11-20(26(28,29)30)24(27)23(12-18)36-8-4-5-9-36/h6-7,10-14H,4-5,8-9H2,1-3H3,(H,32,38). The van der Waals surface area contributed by atoms with Crippen molar-refractivity contribution in [1.29, 1.82) is 0 Å². The van der Waals surface area contributed by atoms with Crippen molar-refractivity contribution in [3.05, 3.63) is 70.9 Å². The normalized spacial score (nSPS) is 13.8. The molecule has 5 rings (SSSR count). The van der Waals surface area contributed by atoms with Crippen LogP contribution in [0.5, 0.6) is 0 Å². The molecular formula is C26H25F4N7O. The molecule has 3 heterocycles. The van der Waals surface area contributed by atoms with Crippen LogP contribution in [0.4, 0.5) is 28.9 Å². The van der Waals surface area contributed by atoms with Crippen molar-refractivity contribution in [2.75, 3.05) is 23.3 Å². The summed E-state index contributed by atoms with van der Waals surface area (Å²) in [5.41, 5.74) is 2.18. The molecular weight excluding hydrogens is 502 g/mol. The van der Waals surface area contributed by atoms with E-state index in [-0.39, 0.29) is 16.9 Å². The highest BCUT2D eigenvalue weighted by molar-refractivity contribution is 6.05. The molecule has 1 aliphatic rings. The lowest BCUT2D eigenvalue weighted by atomic mass is 10.1. The van der Waals surface area contributed by atoms with Gasteiger partial charge in [-0.15, -0.1) is 5.10 Å². The van der Waals surface area contributed by atoms with Gasteiger partial charge in [-0.3, -0.25) is 9.48 Å². The van der Waals surface area contributed by atoms with Crippen molar-refractivity contribution in [3.63, 3.8) is 0 Å². The second-order valence-corrected chi connectivity index (χ2v) is 9.32. The number of carbonyl (C=O) groups is 1. The van der Waals surface area contributed by atoms with E-state index in [1.54, 1.807) is 40.2 Å². The van der Waals surface area contributed by atoms with E-state index < -0.39 is 23.5 Å². The minimum Gasteiger partial charge on any atom is -0.369 e. The Morgan fingerprint density at radius 2 is 1.79 bits per heavy atom. The first kappa shape index (κ1) is 25.4. The minimum atomic E-state index is -4.91. The van der Waals surface area contributed by atoms with E-state index >= 15 is 0 Å². The van der Waals surface area contributed by atoms with Gasteiger partial charge in [0.05, 0.1) is 29.3 Å². The summed E-state index contributed by atoms with van der Waals surface area (Å²) in [7, 11) is 1.82. The van der Waals surface area contributed by atoms with Crippen molar-refractivity contribution >= 4 is 17.3 Å². The van der Waals surface area contributed by atoms with Gasteiger partial charge in [-0.2, -0.15) is 18.3 Å². The van der Waals surface area contributed by atoms with Gasteiger partial charge >= 0.3 is 6.18 Å². The number of rotatable bonds is 5. The van der Waals surface area contributed by atoms with E-state index in [0.29, 0.717) is 30.5 Å². The third kappa shape index (κ3) is 4.73. The number of nitrogens with zero attached hydrogens (tertiary/aromatic N) is 6. The minimum absolute atomic E-state index is 0.136. The van der Waals surface area contributed by atoms with Crippen LogP contribution in [0, 0.1) is 19.7 Å². The highest BCUT2D eigenvalue weighted by atomic mass is 19.4. The van der Waals surface area contributed by atoms with Crippen molar-refractivity contribution < 1.29 is 22.4 Å². The van der Waals surface area contributed by atoms with Gasteiger partial charge in [0.1, 0.15) is 5.69 Å². The molecule has 4 aromatic rings. The molecule has 0 radical (unpaired) electrons. The fourth-order valence-electron chi connectivity index (χ4n) is 4.53. The first-order valence-corrected chi connectivity index (χ1v) is 12.0. The number of halogens is 4. The molecule has 1 saturated heterocycles. The van der Waals surface area contributed by atoms with Gasteiger partial charge in [0.15, 0.2) is 5.82 Å². The zero-order valence-corrected chi connectivity index (χ0v) is 21.0. The summed E-state index contributed by atoms with van der Waals surface area (Å²) in [6.07, 6.45) is 0.0101. The maximum atomic E-state index is 14.8. The number of hydrogen-bond acceptors (Lipinski definition) is 5. The van der Waals surface area contributed by atoms with Crippen LogP contribution in [-0.4, -0.2) is 43.8 Å². The average Bonchev–Trinajstić information content (AvgIpc) is 3.62. The largest absolute Gasteiger partial charge is 0.419 e. The number of alkyl halides is 3. The Kier molecular flexibility index (Phi) is 6.41. The van der Waals surface area contributed by atoms with E-state index in [1.807, 2.05) is 20.9 Å². The zero-order valence-electron chi connectivity index (χ0n) is 21.0. The van der Waals surface area contributed by atoms with Crippen molar-refractivity contribution in [1.82, 2.24) is 24.8 Å². The lowest BCUT2D eigenvalue weighted by Gasteiger charge is -2.22. The number of nitrogens with one attached hydrogen (secondary N) is 1. The third-order valence-electron chi connectivity index (χ3n) is 6.79. The van der Waals surface area contributed by atoms with Crippen LogP contribution in [0.2, 0.25) is 0 Å². The van der Waals surface area contributed by atoms with Gasteiger partial charge < -0.3 is 10.2 Å². The Hall–Kier alpha value is -4.22. The first-order chi connectivity index (χ1) is 18.0. The van der Waals surface area contributed by atoms with E-state index in [9.17, 15) is 22.4 Å². The quantitative estimate of drug-likeness (QED) is 0.357. The fraction of sp³-hybridized carbons (Fsp3) is 0.308. The lowest BCUT2D eigenvalue weighted by Crippen LogP contribution is -2.22. The maximum absolute atomic E-state index is 14.8. The molecule has 1 fully saturated rings. The molecule has 0 aliphatic carbocycles. The summed E-state index contributed by atoms with van der Waals surface area (Å²) in [6.45, 7) is 4.65. The van der Waals surface area contributed by atoms with Crippen molar-refractivity contribution in [2.45, 2.75) is 32.9 Å². The Morgan fingerprint density at radius 1 is 1.05 bits per heavy atom. The summed E-state index contributed by atoms with van der Waals surface area (Å²) in [6, 6.07) is 6.73. The van der Waals surface area contributed by atoms with Gasteiger partial charge in [0.25, 0.3) is 5.91 Å². The van der Waals surface area contributed by atoms with E-state index in [0.717, 1.165) is 29.7 Å². The molecule has 0 spiro atoms. The van der Waals surface area contributed by atoms with Crippen LogP contribution in [0.25, 0.3) is 16.9 Å². The number of aromatic nitrogens is 5. The van der Waals surface area contributed by atoms with Crippen molar-refractivity contribution in [3.8, 4) is 16.9 Å². The molecule has 2 aromatic carbocycles. The van der Waals surface area contributed by atoms with Gasteiger partial charge in [-0.25, -0.2) is 9.07 Å². The Bertz CT molecular complexity index is 1520. The van der Waals surface area contributed by atoms with Crippen LogP contribution >= 0.6 is 0 Å². The summed E-state index contributed by atoms with van der Waals surface area (Å²) in [4.78, 5) is 14.7. The van der Waals surface area contributed by atoms with Gasteiger partial charge in [0.2, 0.25) is 0 Å². The number of hydrogen-bond donors (Lipinski definition) is 1. The SMILES string of the molecule is Cc1ccc(C(=O)Nc2cc(N3CCCC3)c(F)c(C(F)(F)F)c2)cc1-n1cc(-c2cnn(C)c2C)nn1. The third-order valence-corrected chi connectivity index (χ3v) is 6.79. The fourth-order valence-corrected chi connectivity index (χ4v) is 4.53. The molecule has 38 heavy (non-hydrogen) atoms. The molecule has 2 aromatic heterocycles. The molecule has 1 aliphatic heterocycles. The molecule has 0 atom stereocenters. The Labute approximate surface area is 215 Å². The van der Waals surface area contributed by atoms with Crippen LogP contribution < -0.4 is 10.2 Å². The molecule has 198 valence electrons. The second kappa shape index (κ2) is 9.58. The summed E-state index contributed by atoms with van der Waals surface area (Å²) >= 11 is 0. The zero-order chi connectivity index (χ0) is 27.2. The van der Waals surface area contributed by atoms with E-state index in [1.165, 1.54) is 10.7 Å². The molecule has 0 unspecified atom stereocenters. The number of anilines is 2. The van der Waals surface area contributed by atoms with Crippen LogP contribution in [0.15, 0.2) is 42.7 Å². The average molecular weight is 528 g/mol. The predicted molar refractivity (Wildman–Crippen MR) is 134 cm³/mol. The highest BCUT2D eigenvalue weighted by Gasteiger charge is 2.37. The highest BCUT2D eigenvalue weighted by Crippen LogP contribution is 2.38. The monoisotopic (exact) mass is 527 g/mol. The van der Waals surface area contributed by atoms with Crippen LogP contribution in [0.1, 0.15) is 40.0 Å². The van der Waals surface area contributed by atoms with E-state index in [2.05, 4.69) is 20.7 Å². The summed E-state index contributed by atoms with van der Waals surface area (Å²) in [5, 5.41) is 15.1. The first-order valence-electron chi connectivity index (χ1n) is 12.0. The molecule has 0 saturated carbocycles. The summed E-state index contributed by atoms with van der Waals surface area (Å²) in [5.74, 6) is -1.97. The lowest BCUT2D eigenvalue weighted by molar-refractivity contribution is -0.139. The number of benzene rings is 2. The molecule has 0 bridgehead atoms. The van der Waals surface area contributed by atoms with E-state index in [4.69, 9.17) is 0 Å². The maximum Gasteiger partial charge on any atom is 0.419 e. The van der Waals surface area contributed by atoms with Gasteiger partial charge in [-0.1, -0.05) is 11.3 Å². The number of amides is 1. The number of carbonyl (C=O) groups excluding carboxylic acids is 1. The molecule has 1 N–H and O–H groups in total. The molecule has 8 nitrogen and oxygen atoms in total. The second-order valence-electron chi connectivity index (χ2n) is 9.32. The summed E-state index contributed by atoms with van der Waals surface area (Å²) < 4.78 is 58.8. The number of aryl methyl sites for hydroxylation is 2.